The van der Waals surface area contributed by atoms with Crippen LogP contribution in [-0.2, 0) is 14.6 Å². The minimum absolute atomic E-state index is 0.0356. The summed E-state index contributed by atoms with van der Waals surface area (Å²) in [5.41, 5.74) is 0.945. The molecule has 10 nitrogen and oxygen atoms in total. The lowest BCUT2D eigenvalue weighted by Crippen LogP contribution is -2.38. The third-order valence-corrected chi connectivity index (χ3v) is 7.40. The summed E-state index contributed by atoms with van der Waals surface area (Å²) in [5, 5.41) is 14.8. The standard InChI is InChI=1S/C15H19N5O3S.C2H4O2/c1-18(2)12-8-24(22,23)13-7-20(6-11(12)13)15(21)10-4-3-5-19-9-16-17-14(10)19;1-2(3)4/h3-5,9,11-13H,6-8H2,1-2H3;1H3,(H,3,4)/t11-,12-,13-;/m0./s1. The molecular formula is C17H23N5O5S. The van der Waals surface area contributed by atoms with Crippen molar-refractivity contribution in [1.82, 2.24) is 24.4 Å². The van der Waals surface area contributed by atoms with E-state index in [4.69, 9.17) is 9.90 Å². The van der Waals surface area contributed by atoms with Gasteiger partial charge in [-0.15, -0.1) is 10.2 Å². The fourth-order valence-corrected chi connectivity index (χ4v) is 6.40. The zero-order chi connectivity index (χ0) is 20.6. The first kappa shape index (κ1) is 20.2. The molecule has 152 valence electrons. The fourth-order valence-electron chi connectivity index (χ4n) is 3.92. The Morgan fingerprint density at radius 2 is 1.96 bits per heavy atom. The molecular weight excluding hydrogens is 386 g/mol. The molecule has 4 rings (SSSR count). The number of rotatable bonds is 2. The van der Waals surface area contributed by atoms with E-state index in [2.05, 4.69) is 10.2 Å². The average molecular weight is 409 g/mol. The van der Waals surface area contributed by atoms with Gasteiger partial charge in [0.05, 0.1) is 16.6 Å². The molecule has 3 atom stereocenters. The molecule has 0 aliphatic carbocycles. The molecule has 1 amide bonds. The molecule has 0 aromatic carbocycles. The highest BCUT2D eigenvalue weighted by molar-refractivity contribution is 7.92. The Morgan fingerprint density at radius 1 is 1.29 bits per heavy atom. The second-order valence-electron chi connectivity index (χ2n) is 7.28. The van der Waals surface area contributed by atoms with Crippen LogP contribution in [0.2, 0.25) is 0 Å². The zero-order valence-electron chi connectivity index (χ0n) is 15.9. The highest BCUT2D eigenvalue weighted by Gasteiger charge is 2.53. The molecule has 2 aliphatic rings. The van der Waals surface area contributed by atoms with Crippen LogP contribution in [0.4, 0.5) is 0 Å². The van der Waals surface area contributed by atoms with Crippen LogP contribution in [0.1, 0.15) is 17.3 Å². The summed E-state index contributed by atoms with van der Waals surface area (Å²) < 4.78 is 26.6. The van der Waals surface area contributed by atoms with E-state index in [1.165, 1.54) is 6.33 Å². The Morgan fingerprint density at radius 3 is 2.61 bits per heavy atom. The van der Waals surface area contributed by atoms with Crippen LogP contribution in [0.5, 0.6) is 0 Å². The molecule has 0 radical (unpaired) electrons. The van der Waals surface area contributed by atoms with Gasteiger partial charge in [0.2, 0.25) is 0 Å². The number of carboxylic acids is 1. The number of aliphatic carboxylic acids is 1. The highest BCUT2D eigenvalue weighted by Crippen LogP contribution is 2.36. The van der Waals surface area contributed by atoms with Gasteiger partial charge in [0.1, 0.15) is 6.33 Å². The van der Waals surface area contributed by atoms with Crippen molar-refractivity contribution in [2.24, 2.45) is 5.92 Å². The van der Waals surface area contributed by atoms with Crippen LogP contribution >= 0.6 is 0 Å². The van der Waals surface area contributed by atoms with Crippen LogP contribution in [0.3, 0.4) is 0 Å². The molecule has 2 fully saturated rings. The van der Waals surface area contributed by atoms with E-state index in [0.717, 1.165) is 6.92 Å². The van der Waals surface area contributed by atoms with Gasteiger partial charge in [-0.05, 0) is 26.2 Å². The lowest BCUT2D eigenvalue weighted by molar-refractivity contribution is -0.134. The second kappa shape index (κ2) is 7.47. The van der Waals surface area contributed by atoms with Crippen molar-refractivity contribution >= 4 is 27.4 Å². The number of pyridine rings is 1. The van der Waals surface area contributed by atoms with Crippen molar-refractivity contribution in [1.29, 1.82) is 0 Å². The number of nitrogens with zero attached hydrogens (tertiary/aromatic N) is 5. The van der Waals surface area contributed by atoms with E-state index in [1.54, 1.807) is 27.6 Å². The topological polar surface area (TPSA) is 125 Å². The number of carboxylic acid groups (broad SMARTS) is 1. The number of carbonyl (C=O) groups excluding carboxylic acids is 1. The van der Waals surface area contributed by atoms with Crippen molar-refractivity contribution < 1.29 is 23.1 Å². The first-order valence-corrected chi connectivity index (χ1v) is 10.5. The predicted octanol–water partition coefficient (Wildman–Crippen LogP) is -0.381. The molecule has 2 aromatic heterocycles. The fraction of sp³-hybridized carbons (Fsp3) is 0.529. The molecule has 4 heterocycles. The van der Waals surface area contributed by atoms with Crippen LogP contribution in [-0.4, -0.2) is 94.0 Å². The summed E-state index contributed by atoms with van der Waals surface area (Å²) in [6.45, 7) is 1.80. The summed E-state index contributed by atoms with van der Waals surface area (Å²) >= 11 is 0. The van der Waals surface area contributed by atoms with Gasteiger partial charge < -0.3 is 14.9 Å². The third-order valence-electron chi connectivity index (χ3n) is 5.17. The van der Waals surface area contributed by atoms with Crippen molar-refractivity contribution in [3.63, 3.8) is 0 Å². The average Bonchev–Trinajstić information content (AvgIpc) is 3.29. The molecule has 2 aliphatic heterocycles. The molecule has 11 heteroatoms. The zero-order valence-corrected chi connectivity index (χ0v) is 16.7. The molecule has 0 spiro atoms. The normalized spacial score (nSPS) is 25.4. The summed E-state index contributed by atoms with van der Waals surface area (Å²) in [4.78, 5) is 25.5. The Hall–Kier alpha value is -2.53. The number of hydrogen-bond donors (Lipinski definition) is 1. The van der Waals surface area contributed by atoms with Gasteiger partial charge in [-0.1, -0.05) is 0 Å². The number of fused-ring (bicyclic) bond motifs is 2. The number of sulfone groups is 1. The van der Waals surface area contributed by atoms with Gasteiger partial charge in [-0.2, -0.15) is 0 Å². The van der Waals surface area contributed by atoms with Gasteiger partial charge in [-0.3, -0.25) is 14.0 Å². The maximum Gasteiger partial charge on any atom is 0.300 e. The second-order valence-corrected chi connectivity index (χ2v) is 9.54. The Bertz CT molecular complexity index is 998. The van der Waals surface area contributed by atoms with E-state index >= 15 is 0 Å². The van der Waals surface area contributed by atoms with Crippen LogP contribution in [0.25, 0.3) is 5.65 Å². The lowest BCUT2D eigenvalue weighted by Gasteiger charge is -2.25. The summed E-state index contributed by atoms with van der Waals surface area (Å²) in [6, 6.07) is 3.43. The lowest BCUT2D eigenvalue weighted by atomic mass is 10.00. The van der Waals surface area contributed by atoms with Gasteiger partial charge in [-0.25, -0.2) is 8.42 Å². The maximum absolute atomic E-state index is 12.9. The van der Waals surface area contributed by atoms with E-state index in [0.29, 0.717) is 17.8 Å². The molecule has 0 bridgehead atoms. The summed E-state index contributed by atoms with van der Waals surface area (Å²) in [5.74, 6) is -0.876. The quantitative estimate of drug-likeness (QED) is 0.712. The van der Waals surface area contributed by atoms with E-state index < -0.39 is 21.1 Å². The molecule has 2 saturated heterocycles. The van der Waals surface area contributed by atoms with Crippen LogP contribution in [0, 0.1) is 5.92 Å². The number of hydrogen-bond acceptors (Lipinski definition) is 7. The van der Waals surface area contributed by atoms with Gasteiger partial charge in [0.25, 0.3) is 11.9 Å². The monoisotopic (exact) mass is 409 g/mol. The largest absolute Gasteiger partial charge is 0.481 e. The van der Waals surface area contributed by atoms with Crippen molar-refractivity contribution in [2.75, 3.05) is 32.9 Å². The number of aromatic nitrogens is 3. The molecule has 0 unspecified atom stereocenters. The Kier molecular flexibility index (Phi) is 5.39. The first-order valence-electron chi connectivity index (χ1n) is 8.77. The number of amides is 1. The van der Waals surface area contributed by atoms with Crippen LogP contribution in [0.15, 0.2) is 24.7 Å². The van der Waals surface area contributed by atoms with Crippen molar-refractivity contribution in [3.05, 3.63) is 30.2 Å². The van der Waals surface area contributed by atoms with E-state index in [9.17, 15) is 13.2 Å². The smallest absolute Gasteiger partial charge is 0.300 e. The predicted molar refractivity (Wildman–Crippen MR) is 101 cm³/mol. The minimum Gasteiger partial charge on any atom is -0.481 e. The van der Waals surface area contributed by atoms with Crippen LogP contribution < -0.4 is 0 Å². The van der Waals surface area contributed by atoms with Crippen molar-refractivity contribution in [2.45, 2.75) is 18.2 Å². The Labute approximate surface area is 162 Å². The Balaban J connectivity index is 0.000000516. The third kappa shape index (κ3) is 3.72. The van der Waals surface area contributed by atoms with E-state index in [1.807, 2.05) is 19.0 Å². The van der Waals surface area contributed by atoms with Gasteiger partial charge >= 0.3 is 0 Å². The SMILES string of the molecule is CC(=O)O.CN(C)[C@H]1CS(=O)(=O)[C@H]2CN(C(=O)c3cccn4cnnc34)C[C@@H]12. The van der Waals surface area contributed by atoms with Crippen molar-refractivity contribution in [3.8, 4) is 0 Å². The maximum atomic E-state index is 12.9. The summed E-state index contributed by atoms with van der Waals surface area (Å²) in [6.07, 6.45) is 3.31. The molecule has 1 N–H and O–H groups in total. The number of likely N-dealkylation sites (tertiary alicyclic amines) is 1. The molecule has 0 saturated carbocycles. The van der Waals surface area contributed by atoms with Gasteiger partial charge in [0, 0.05) is 38.2 Å². The molecule has 28 heavy (non-hydrogen) atoms. The molecule has 2 aromatic rings. The number of carbonyl (C=O) groups is 2. The highest BCUT2D eigenvalue weighted by atomic mass is 32.2. The first-order chi connectivity index (χ1) is 13.1. The van der Waals surface area contributed by atoms with Gasteiger partial charge in [0.15, 0.2) is 15.5 Å². The van der Waals surface area contributed by atoms with E-state index in [-0.39, 0.29) is 30.2 Å². The minimum atomic E-state index is -3.17. The summed E-state index contributed by atoms with van der Waals surface area (Å²) in [7, 11) is 0.619.